The van der Waals surface area contributed by atoms with Crippen molar-refractivity contribution in [1.82, 2.24) is 25.1 Å². The van der Waals surface area contributed by atoms with Crippen molar-refractivity contribution in [3.63, 3.8) is 0 Å². The summed E-state index contributed by atoms with van der Waals surface area (Å²) in [5.74, 6) is 1.62. The third-order valence-electron chi connectivity index (χ3n) is 6.12. The summed E-state index contributed by atoms with van der Waals surface area (Å²) in [7, 11) is 3.49. The Bertz CT molecular complexity index is 1220. The zero-order valence-corrected chi connectivity index (χ0v) is 21.6. The molecule has 1 fully saturated rings. The van der Waals surface area contributed by atoms with Gasteiger partial charge in [0.05, 0.1) is 17.5 Å². The molecule has 1 aromatic carbocycles. The summed E-state index contributed by atoms with van der Waals surface area (Å²) in [6.07, 6.45) is 1.34. The van der Waals surface area contributed by atoms with E-state index in [1.807, 2.05) is 33.9 Å². The smallest absolute Gasteiger partial charge is 0.319 e. The lowest BCUT2D eigenvalue weighted by Crippen LogP contribution is -2.39. The van der Waals surface area contributed by atoms with Gasteiger partial charge in [-0.2, -0.15) is 15.1 Å². The van der Waals surface area contributed by atoms with Crippen LogP contribution >= 0.6 is 0 Å². The van der Waals surface area contributed by atoms with Crippen molar-refractivity contribution in [1.29, 1.82) is 0 Å². The van der Waals surface area contributed by atoms with E-state index in [-0.39, 0.29) is 29.8 Å². The van der Waals surface area contributed by atoms with Gasteiger partial charge in [0, 0.05) is 52.7 Å². The van der Waals surface area contributed by atoms with Crippen molar-refractivity contribution in [3.8, 4) is 11.8 Å². The summed E-state index contributed by atoms with van der Waals surface area (Å²) in [6.45, 7) is 8.08. The molecule has 11 heteroatoms. The molecule has 2 aromatic heterocycles. The summed E-state index contributed by atoms with van der Waals surface area (Å²) < 4.78 is 19.2. The van der Waals surface area contributed by atoms with Gasteiger partial charge in [0.2, 0.25) is 0 Å². The zero-order valence-electron chi connectivity index (χ0n) is 21.6. The van der Waals surface area contributed by atoms with Gasteiger partial charge < -0.3 is 30.2 Å². The minimum atomic E-state index is -0.263. The molecule has 194 valence electrons. The predicted octanol–water partition coefficient (Wildman–Crippen LogP) is 2.47. The van der Waals surface area contributed by atoms with Crippen LogP contribution in [0.4, 0.5) is 11.6 Å². The van der Waals surface area contributed by atoms with Crippen molar-refractivity contribution in [3.05, 3.63) is 29.5 Å². The van der Waals surface area contributed by atoms with Crippen LogP contribution in [0.2, 0.25) is 0 Å². The number of methoxy groups -OCH3 is 1. The highest BCUT2D eigenvalue weighted by atomic mass is 16.5. The number of anilines is 2. The first-order valence-electron chi connectivity index (χ1n) is 12.3. The maximum atomic E-state index is 12.5. The summed E-state index contributed by atoms with van der Waals surface area (Å²) >= 11 is 0. The minimum absolute atomic E-state index is 0.0213. The molecule has 3 N–H and O–H groups in total. The highest BCUT2D eigenvalue weighted by Crippen LogP contribution is 2.34. The molecule has 11 nitrogen and oxygen atoms in total. The van der Waals surface area contributed by atoms with E-state index < -0.39 is 0 Å². The van der Waals surface area contributed by atoms with Crippen molar-refractivity contribution < 1.29 is 19.0 Å². The predicted molar refractivity (Wildman–Crippen MR) is 138 cm³/mol. The van der Waals surface area contributed by atoms with Crippen LogP contribution in [0.3, 0.4) is 0 Å². The van der Waals surface area contributed by atoms with E-state index in [1.165, 1.54) is 0 Å². The van der Waals surface area contributed by atoms with Crippen LogP contribution in [0.1, 0.15) is 42.7 Å². The Morgan fingerprint density at radius 2 is 2.00 bits per heavy atom. The van der Waals surface area contributed by atoms with Crippen LogP contribution in [0.5, 0.6) is 11.8 Å². The van der Waals surface area contributed by atoms with E-state index in [4.69, 9.17) is 19.9 Å². The van der Waals surface area contributed by atoms with Gasteiger partial charge in [-0.15, -0.1) is 0 Å². The molecule has 3 heterocycles. The van der Waals surface area contributed by atoms with E-state index >= 15 is 0 Å². The van der Waals surface area contributed by atoms with Gasteiger partial charge in [0.1, 0.15) is 29.5 Å². The number of rotatable bonds is 9. The van der Waals surface area contributed by atoms with Gasteiger partial charge >= 0.3 is 6.01 Å². The number of benzene rings is 1. The van der Waals surface area contributed by atoms with Crippen LogP contribution in [0.25, 0.3) is 10.9 Å². The fourth-order valence-electron chi connectivity index (χ4n) is 4.43. The first-order valence-corrected chi connectivity index (χ1v) is 12.3. The molecule has 1 atom stereocenters. The van der Waals surface area contributed by atoms with Crippen molar-refractivity contribution >= 4 is 28.4 Å². The Labute approximate surface area is 210 Å². The second-order valence-electron chi connectivity index (χ2n) is 9.11. The number of carbonyl (C=O) groups is 1. The Hall–Kier alpha value is -3.60. The highest BCUT2D eigenvalue weighted by Gasteiger charge is 2.25. The van der Waals surface area contributed by atoms with E-state index in [9.17, 15) is 4.79 Å². The third kappa shape index (κ3) is 5.62. The Morgan fingerprint density at radius 3 is 2.69 bits per heavy atom. The van der Waals surface area contributed by atoms with Crippen LogP contribution in [0, 0.1) is 6.92 Å². The number of nitrogens with two attached hydrogens (primary N) is 1. The SMILES string of the molecule is CCNC(=O)c1cc(N2CCC(Oc3cc(C)cc4c3c(N)nn4C)CC2)nc(O[C@H](C)COC)n1. The highest BCUT2D eigenvalue weighted by molar-refractivity contribution is 5.95. The molecule has 4 rings (SSSR count). The molecule has 3 aromatic rings. The molecule has 0 unspecified atom stereocenters. The molecule has 1 saturated heterocycles. The number of nitrogen functional groups attached to an aromatic ring is 1. The number of nitrogens with zero attached hydrogens (tertiary/aromatic N) is 5. The number of fused-ring (bicyclic) bond motifs is 1. The number of amides is 1. The zero-order chi connectivity index (χ0) is 25.8. The number of carbonyl (C=O) groups excluding carboxylic acids is 1. The number of ether oxygens (including phenoxy) is 3. The molecule has 0 spiro atoms. The molecule has 0 saturated carbocycles. The molecule has 1 amide bonds. The summed E-state index contributed by atoms with van der Waals surface area (Å²) in [5, 5.41) is 7.99. The first-order chi connectivity index (χ1) is 17.3. The summed E-state index contributed by atoms with van der Waals surface area (Å²) in [5.41, 5.74) is 8.49. The van der Waals surface area contributed by atoms with Gasteiger partial charge in [-0.3, -0.25) is 9.48 Å². The third-order valence-corrected chi connectivity index (χ3v) is 6.12. The topological polar surface area (TPSA) is 130 Å². The lowest BCUT2D eigenvalue weighted by Gasteiger charge is -2.33. The van der Waals surface area contributed by atoms with Crippen molar-refractivity contribution in [2.24, 2.45) is 7.05 Å². The Morgan fingerprint density at radius 1 is 1.25 bits per heavy atom. The van der Waals surface area contributed by atoms with Crippen LogP contribution in [-0.4, -0.2) is 71.2 Å². The van der Waals surface area contributed by atoms with E-state index in [0.29, 0.717) is 37.9 Å². The molecule has 0 aliphatic carbocycles. The lowest BCUT2D eigenvalue weighted by atomic mass is 10.1. The maximum Gasteiger partial charge on any atom is 0.319 e. The standard InChI is InChI=1S/C25H35N7O4/c1-6-27-24(33)18-13-21(29-25(28-18)35-16(3)14-34-5)32-9-7-17(8-10-32)36-20-12-15(2)11-19-22(20)23(26)30-31(19)4/h11-13,16-17H,6-10,14H2,1-5H3,(H2,26,30)(H,27,33)/t16-/m1/s1. The average Bonchev–Trinajstić information content (AvgIpc) is 3.12. The van der Waals surface area contributed by atoms with Gasteiger partial charge in [0.25, 0.3) is 5.91 Å². The first kappa shape index (κ1) is 25.5. The fourth-order valence-corrected chi connectivity index (χ4v) is 4.43. The number of piperidine rings is 1. The van der Waals surface area contributed by atoms with Crippen LogP contribution in [0.15, 0.2) is 18.2 Å². The van der Waals surface area contributed by atoms with Gasteiger partial charge in [-0.25, -0.2) is 0 Å². The Kier molecular flexibility index (Phi) is 7.78. The molecule has 1 aliphatic rings. The minimum Gasteiger partial charge on any atom is -0.489 e. The van der Waals surface area contributed by atoms with Gasteiger partial charge in [-0.05, 0) is 38.5 Å². The maximum absolute atomic E-state index is 12.5. The lowest BCUT2D eigenvalue weighted by molar-refractivity contribution is 0.0843. The van der Waals surface area contributed by atoms with E-state index in [1.54, 1.807) is 17.9 Å². The fraction of sp³-hybridized carbons (Fsp3) is 0.520. The van der Waals surface area contributed by atoms with Crippen LogP contribution in [-0.2, 0) is 11.8 Å². The van der Waals surface area contributed by atoms with E-state index in [2.05, 4.69) is 31.3 Å². The molecule has 36 heavy (non-hydrogen) atoms. The normalized spacial score (nSPS) is 15.2. The molecule has 0 bridgehead atoms. The van der Waals surface area contributed by atoms with Crippen molar-refractivity contribution in [2.75, 3.05) is 44.0 Å². The molecule has 1 aliphatic heterocycles. The van der Waals surface area contributed by atoms with E-state index in [0.717, 1.165) is 35.1 Å². The second kappa shape index (κ2) is 11.0. The van der Waals surface area contributed by atoms with Gasteiger partial charge in [0.15, 0.2) is 5.82 Å². The quantitative estimate of drug-likeness (QED) is 0.458. The molecular formula is C25H35N7O4. The Balaban J connectivity index is 1.50. The number of nitrogens with one attached hydrogen (secondary N) is 1. The van der Waals surface area contributed by atoms with Crippen LogP contribution < -0.4 is 25.4 Å². The second-order valence-corrected chi connectivity index (χ2v) is 9.11. The van der Waals surface area contributed by atoms with Crippen molar-refractivity contribution in [2.45, 2.75) is 45.8 Å². The number of hydrogen-bond donors (Lipinski definition) is 2. The largest absolute Gasteiger partial charge is 0.489 e. The summed E-state index contributed by atoms with van der Waals surface area (Å²) in [6, 6.07) is 5.94. The van der Waals surface area contributed by atoms with Gasteiger partial charge in [-0.1, -0.05) is 0 Å². The summed E-state index contributed by atoms with van der Waals surface area (Å²) in [4.78, 5) is 23.6. The molecule has 0 radical (unpaired) electrons. The number of aryl methyl sites for hydroxylation is 2. The number of hydrogen-bond acceptors (Lipinski definition) is 9. The monoisotopic (exact) mass is 497 g/mol. The molecular weight excluding hydrogens is 462 g/mol. The number of aromatic nitrogens is 4. The average molecular weight is 498 g/mol.